The van der Waals surface area contributed by atoms with Crippen LogP contribution in [0.2, 0.25) is 0 Å². The molecular formula is C15H24BrNO2. The molecule has 0 aliphatic rings. The van der Waals surface area contributed by atoms with Crippen molar-refractivity contribution in [1.29, 1.82) is 0 Å². The molecule has 1 rings (SSSR count). The van der Waals surface area contributed by atoms with E-state index < -0.39 is 0 Å². The zero-order valence-electron chi connectivity index (χ0n) is 12.0. The summed E-state index contributed by atoms with van der Waals surface area (Å²) in [5.74, 6) is 1.60. The Kier molecular flexibility index (Phi) is 7.24. The van der Waals surface area contributed by atoms with Gasteiger partial charge in [0.1, 0.15) is 0 Å². The summed E-state index contributed by atoms with van der Waals surface area (Å²) in [5.41, 5.74) is 6.77. The van der Waals surface area contributed by atoms with Gasteiger partial charge >= 0.3 is 0 Å². The van der Waals surface area contributed by atoms with Gasteiger partial charge in [-0.3, -0.25) is 0 Å². The number of halogens is 1. The second kappa shape index (κ2) is 8.43. The number of hydrogen-bond acceptors (Lipinski definition) is 3. The molecule has 0 bridgehead atoms. The summed E-state index contributed by atoms with van der Waals surface area (Å²) in [5, 5.41) is 0. The molecule has 19 heavy (non-hydrogen) atoms. The summed E-state index contributed by atoms with van der Waals surface area (Å²) >= 11 is 3.58. The molecule has 0 saturated heterocycles. The highest BCUT2D eigenvalue weighted by Crippen LogP contribution is 2.38. The van der Waals surface area contributed by atoms with E-state index in [0.29, 0.717) is 13.2 Å². The quantitative estimate of drug-likeness (QED) is 0.786. The van der Waals surface area contributed by atoms with Gasteiger partial charge in [0.05, 0.1) is 17.2 Å². The highest BCUT2D eigenvalue weighted by Gasteiger charge is 2.15. The van der Waals surface area contributed by atoms with Crippen molar-refractivity contribution < 1.29 is 9.47 Å². The Morgan fingerprint density at radius 3 is 2.42 bits per heavy atom. The number of rotatable bonds is 8. The maximum Gasteiger partial charge on any atom is 0.175 e. The van der Waals surface area contributed by atoms with Crippen molar-refractivity contribution in [2.45, 2.75) is 46.1 Å². The van der Waals surface area contributed by atoms with Crippen molar-refractivity contribution in [3.63, 3.8) is 0 Å². The van der Waals surface area contributed by atoms with Crippen molar-refractivity contribution in [3.8, 4) is 11.5 Å². The first-order valence-electron chi connectivity index (χ1n) is 6.98. The molecule has 0 aromatic heterocycles. The van der Waals surface area contributed by atoms with Crippen LogP contribution in [0.3, 0.4) is 0 Å². The molecule has 2 N–H and O–H groups in total. The average Bonchev–Trinajstić information content (AvgIpc) is 2.39. The van der Waals surface area contributed by atoms with Gasteiger partial charge in [-0.2, -0.15) is 0 Å². The van der Waals surface area contributed by atoms with Crippen molar-refractivity contribution in [3.05, 3.63) is 22.2 Å². The Morgan fingerprint density at radius 1 is 1.21 bits per heavy atom. The van der Waals surface area contributed by atoms with Gasteiger partial charge < -0.3 is 15.2 Å². The van der Waals surface area contributed by atoms with Crippen LogP contribution in [0.4, 0.5) is 0 Å². The fourth-order valence-electron chi connectivity index (χ4n) is 1.93. The van der Waals surface area contributed by atoms with Gasteiger partial charge in [0.2, 0.25) is 0 Å². The van der Waals surface area contributed by atoms with Crippen LogP contribution in [0, 0.1) is 0 Å². The Labute approximate surface area is 124 Å². The van der Waals surface area contributed by atoms with E-state index in [1.807, 2.05) is 13.0 Å². The molecule has 0 atom stereocenters. The number of ether oxygens (including phenoxy) is 2. The fourth-order valence-corrected chi connectivity index (χ4v) is 2.51. The molecule has 0 fully saturated rings. The third-order valence-electron chi connectivity index (χ3n) is 3.00. The molecule has 0 amide bonds. The first-order valence-corrected chi connectivity index (χ1v) is 7.77. The monoisotopic (exact) mass is 329 g/mol. The van der Waals surface area contributed by atoms with E-state index in [-0.39, 0.29) is 6.10 Å². The van der Waals surface area contributed by atoms with Crippen LogP contribution in [-0.2, 0) is 6.42 Å². The lowest BCUT2D eigenvalue weighted by molar-refractivity contribution is 0.180. The van der Waals surface area contributed by atoms with Crippen LogP contribution in [0.5, 0.6) is 11.5 Å². The molecule has 0 aliphatic carbocycles. The molecule has 1 aromatic carbocycles. The molecular weight excluding hydrogens is 306 g/mol. The highest BCUT2D eigenvalue weighted by molar-refractivity contribution is 9.10. The SMILES string of the molecule is CCOc1cc(CCN)cc(Br)c1OC(CC)CC. The van der Waals surface area contributed by atoms with Gasteiger partial charge in [0.25, 0.3) is 0 Å². The van der Waals surface area contributed by atoms with Gasteiger partial charge in [-0.05, 0) is 66.4 Å². The molecule has 1 aromatic rings. The highest BCUT2D eigenvalue weighted by atomic mass is 79.9. The fraction of sp³-hybridized carbons (Fsp3) is 0.600. The number of nitrogens with two attached hydrogens (primary N) is 1. The second-order valence-corrected chi connectivity index (χ2v) is 5.29. The van der Waals surface area contributed by atoms with Crippen molar-refractivity contribution in [1.82, 2.24) is 0 Å². The maximum atomic E-state index is 6.06. The van der Waals surface area contributed by atoms with Gasteiger partial charge in [0, 0.05) is 0 Å². The van der Waals surface area contributed by atoms with Crippen molar-refractivity contribution >= 4 is 15.9 Å². The summed E-state index contributed by atoms with van der Waals surface area (Å²) in [4.78, 5) is 0. The predicted molar refractivity (Wildman–Crippen MR) is 83.1 cm³/mol. The molecule has 3 nitrogen and oxygen atoms in total. The average molecular weight is 330 g/mol. The Morgan fingerprint density at radius 2 is 1.89 bits per heavy atom. The van der Waals surface area contributed by atoms with Crippen LogP contribution < -0.4 is 15.2 Å². The molecule has 4 heteroatoms. The molecule has 0 spiro atoms. The van der Waals surface area contributed by atoms with E-state index in [4.69, 9.17) is 15.2 Å². The van der Waals surface area contributed by atoms with Gasteiger partial charge in [-0.25, -0.2) is 0 Å². The largest absolute Gasteiger partial charge is 0.490 e. The summed E-state index contributed by atoms with van der Waals surface area (Å²) in [7, 11) is 0. The Balaban J connectivity index is 3.05. The second-order valence-electron chi connectivity index (χ2n) is 4.43. The lowest BCUT2D eigenvalue weighted by Gasteiger charge is -2.20. The summed E-state index contributed by atoms with van der Waals surface area (Å²) < 4.78 is 12.7. The molecule has 0 radical (unpaired) electrons. The van der Waals surface area contributed by atoms with Crippen LogP contribution >= 0.6 is 15.9 Å². The minimum absolute atomic E-state index is 0.218. The molecule has 0 unspecified atom stereocenters. The minimum Gasteiger partial charge on any atom is -0.490 e. The van der Waals surface area contributed by atoms with Crippen LogP contribution in [-0.4, -0.2) is 19.3 Å². The van der Waals surface area contributed by atoms with Gasteiger partial charge in [0.15, 0.2) is 11.5 Å². The van der Waals surface area contributed by atoms with E-state index in [1.165, 1.54) is 0 Å². The summed E-state index contributed by atoms with van der Waals surface area (Å²) in [6.07, 6.45) is 3.03. The minimum atomic E-state index is 0.218. The number of hydrogen-bond donors (Lipinski definition) is 1. The Hall–Kier alpha value is -0.740. The van der Waals surface area contributed by atoms with E-state index in [1.54, 1.807) is 0 Å². The van der Waals surface area contributed by atoms with Crippen LogP contribution in [0.15, 0.2) is 16.6 Å². The Bertz CT molecular complexity index is 392. The first kappa shape index (κ1) is 16.3. The third-order valence-corrected chi connectivity index (χ3v) is 3.59. The first-order chi connectivity index (χ1) is 9.15. The molecule has 0 saturated carbocycles. The van der Waals surface area contributed by atoms with E-state index in [2.05, 4.69) is 35.8 Å². The molecule has 0 aliphatic heterocycles. The predicted octanol–water partition coefficient (Wildman–Crippen LogP) is 3.92. The van der Waals surface area contributed by atoms with Crippen LogP contribution in [0.25, 0.3) is 0 Å². The van der Waals surface area contributed by atoms with E-state index >= 15 is 0 Å². The zero-order valence-corrected chi connectivity index (χ0v) is 13.6. The summed E-state index contributed by atoms with van der Waals surface area (Å²) in [6, 6.07) is 4.09. The van der Waals surface area contributed by atoms with E-state index in [0.717, 1.165) is 40.8 Å². The lowest BCUT2D eigenvalue weighted by atomic mass is 10.1. The number of benzene rings is 1. The van der Waals surface area contributed by atoms with E-state index in [9.17, 15) is 0 Å². The normalized spacial score (nSPS) is 10.8. The zero-order chi connectivity index (χ0) is 14.3. The summed E-state index contributed by atoms with van der Waals surface area (Å²) in [6.45, 7) is 7.49. The maximum absolute atomic E-state index is 6.06. The molecule has 0 heterocycles. The standard InChI is InChI=1S/C15H24BrNO2/c1-4-12(5-2)19-15-13(16)9-11(7-8-17)10-14(15)18-6-3/h9-10,12H,4-8,17H2,1-3H3. The van der Waals surface area contributed by atoms with Gasteiger partial charge in [-0.1, -0.05) is 13.8 Å². The topological polar surface area (TPSA) is 44.5 Å². The van der Waals surface area contributed by atoms with Crippen molar-refractivity contribution in [2.75, 3.05) is 13.2 Å². The lowest BCUT2D eigenvalue weighted by Crippen LogP contribution is -2.15. The van der Waals surface area contributed by atoms with Crippen molar-refractivity contribution in [2.24, 2.45) is 5.73 Å². The van der Waals surface area contributed by atoms with Gasteiger partial charge in [-0.15, -0.1) is 0 Å². The molecule has 108 valence electrons. The smallest absolute Gasteiger partial charge is 0.175 e. The van der Waals surface area contributed by atoms with Crippen LogP contribution in [0.1, 0.15) is 39.2 Å². The third kappa shape index (κ3) is 4.69.